The van der Waals surface area contributed by atoms with E-state index in [4.69, 9.17) is 0 Å². The highest BCUT2D eigenvalue weighted by molar-refractivity contribution is 7.98. The molecule has 0 amide bonds. The number of hydrogen-bond acceptors (Lipinski definition) is 2. The van der Waals surface area contributed by atoms with Gasteiger partial charge in [-0.3, -0.25) is 0 Å². The first kappa shape index (κ1) is 12.3. The van der Waals surface area contributed by atoms with Gasteiger partial charge in [-0.1, -0.05) is 13.8 Å². The topological polar surface area (TPSA) is 12.0 Å². The summed E-state index contributed by atoms with van der Waals surface area (Å²) in [5, 5.41) is 3.38. The lowest BCUT2D eigenvalue weighted by molar-refractivity contribution is 0.419. The third-order valence-electron chi connectivity index (χ3n) is 2.07. The molecular weight excluding hydrogens is 166 g/mol. The molecule has 0 aromatic rings. The molecule has 0 aliphatic heterocycles. The lowest BCUT2D eigenvalue weighted by Gasteiger charge is -2.17. The van der Waals surface area contributed by atoms with Gasteiger partial charge in [-0.05, 0) is 44.2 Å². The predicted molar refractivity (Wildman–Crippen MR) is 59.9 cm³/mol. The van der Waals surface area contributed by atoms with E-state index in [9.17, 15) is 0 Å². The second-order valence-corrected chi connectivity index (χ2v) is 4.74. The Labute approximate surface area is 81.7 Å². The van der Waals surface area contributed by atoms with Crippen molar-refractivity contribution in [3.63, 3.8) is 0 Å². The van der Waals surface area contributed by atoms with Crippen LogP contribution < -0.4 is 5.32 Å². The Morgan fingerprint density at radius 3 is 2.42 bits per heavy atom. The Balaban J connectivity index is 3.39. The maximum absolute atomic E-state index is 3.38. The van der Waals surface area contributed by atoms with Gasteiger partial charge in [0.05, 0.1) is 0 Å². The first-order chi connectivity index (χ1) is 5.70. The molecule has 74 valence electrons. The summed E-state index contributed by atoms with van der Waals surface area (Å²) >= 11 is 1.95. The molecule has 0 aromatic carbocycles. The van der Waals surface area contributed by atoms with Gasteiger partial charge < -0.3 is 5.32 Å². The highest BCUT2D eigenvalue weighted by Gasteiger charge is 2.07. The van der Waals surface area contributed by atoms with Crippen LogP contribution >= 0.6 is 11.8 Å². The van der Waals surface area contributed by atoms with Crippen LogP contribution in [0, 0.1) is 5.92 Å². The maximum Gasteiger partial charge on any atom is 0.00667 e. The molecule has 12 heavy (non-hydrogen) atoms. The fraction of sp³-hybridized carbons (Fsp3) is 1.00. The minimum absolute atomic E-state index is 0.733. The van der Waals surface area contributed by atoms with E-state index < -0.39 is 0 Å². The monoisotopic (exact) mass is 189 g/mol. The first-order valence-electron chi connectivity index (χ1n) is 4.87. The molecule has 0 fully saturated rings. The zero-order valence-corrected chi connectivity index (χ0v) is 9.71. The van der Waals surface area contributed by atoms with Crippen LogP contribution in [0.2, 0.25) is 0 Å². The van der Waals surface area contributed by atoms with Crippen LogP contribution in [0.25, 0.3) is 0 Å². The van der Waals surface area contributed by atoms with Gasteiger partial charge in [0.1, 0.15) is 0 Å². The zero-order valence-electron chi connectivity index (χ0n) is 8.89. The van der Waals surface area contributed by atoms with Crippen LogP contribution in [0.4, 0.5) is 0 Å². The van der Waals surface area contributed by atoms with Crippen molar-refractivity contribution in [3.8, 4) is 0 Å². The molecule has 1 nitrogen and oxygen atoms in total. The number of thioether (sulfide) groups is 1. The molecule has 2 heteroatoms. The van der Waals surface area contributed by atoms with Crippen molar-refractivity contribution >= 4 is 11.8 Å². The van der Waals surface area contributed by atoms with Gasteiger partial charge in [-0.25, -0.2) is 0 Å². The minimum Gasteiger partial charge on any atom is -0.317 e. The molecule has 0 spiro atoms. The molecule has 0 rings (SSSR count). The summed E-state index contributed by atoms with van der Waals surface area (Å²) in [6.07, 6.45) is 6.16. The van der Waals surface area contributed by atoms with E-state index in [2.05, 4.69) is 32.5 Å². The van der Waals surface area contributed by atoms with E-state index in [0.29, 0.717) is 0 Å². The average Bonchev–Trinajstić information content (AvgIpc) is 2.02. The SMILES string of the molecule is CNC(CCCSC)CC(C)C. The smallest absolute Gasteiger partial charge is 0.00667 e. The summed E-state index contributed by atoms with van der Waals surface area (Å²) in [7, 11) is 2.08. The van der Waals surface area contributed by atoms with Gasteiger partial charge in [0, 0.05) is 6.04 Å². The average molecular weight is 189 g/mol. The zero-order chi connectivity index (χ0) is 9.40. The Kier molecular flexibility index (Phi) is 8.14. The van der Waals surface area contributed by atoms with Crippen LogP contribution in [0.3, 0.4) is 0 Å². The fourth-order valence-electron chi connectivity index (χ4n) is 1.42. The lowest BCUT2D eigenvalue weighted by atomic mass is 10.0. The van der Waals surface area contributed by atoms with Gasteiger partial charge in [0.25, 0.3) is 0 Å². The molecule has 0 heterocycles. The molecule has 0 saturated carbocycles. The highest BCUT2D eigenvalue weighted by atomic mass is 32.2. The van der Waals surface area contributed by atoms with Gasteiger partial charge in [0.2, 0.25) is 0 Å². The third kappa shape index (κ3) is 6.99. The van der Waals surface area contributed by atoms with Crippen LogP contribution in [0.5, 0.6) is 0 Å². The Morgan fingerprint density at radius 2 is 2.00 bits per heavy atom. The van der Waals surface area contributed by atoms with Crippen LogP contribution in [0.1, 0.15) is 33.1 Å². The standard InChI is InChI=1S/C10H23NS/c1-9(2)8-10(11-3)6-5-7-12-4/h9-11H,5-8H2,1-4H3. The maximum atomic E-state index is 3.38. The molecule has 1 atom stereocenters. The Hall–Kier alpha value is 0.310. The number of rotatable bonds is 7. The van der Waals surface area contributed by atoms with Crippen LogP contribution in [-0.4, -0.2) is 25.1 Å². The lowest BCUT2D eigenvalue weighted by Crippen LogP contribution is -2.26. The third-order valence-corrected chi connectivity index (χ3v) is 2.76. The van der Waals surface area contributed by atoms with Crippen molar-refractivity contribution in [1.29, 1.82) is 0 Å². The van der Waals surface area contributed by atoms with E-state index >= 15 is 0 Å². The summed E-state index contributed by atoms with van der Waals surface area (Å²) < 4.78 is 0. The summed E-state index contributed by atoms with van der Waals surface area (Å²) in [6.45, 7) is 4.58. The summed E-state index contributed by atoms with van der Waals surface area (Å²) in [6, 6.07) is 0.733. The van der Waals surface area contributed by atoms with Crippen molar-refractivity contribution in [2.45, 2.75) is 39.2 Å². The van der Waals surface area contributed by atoms with Crippen molar-refractivity contribution in [1.82, 2.24) is 5.32 Å². The molecule has 0 aromatic heterocycles. The van der Waals surface area contributed by atoms with Gasteiger partial charge in [-0.15, -0.1) is 0 Å². The van der Waals surface area contributed by atoms with E-state index in [1.54, 1.807) is 0 Å². The Morgan fingerprint density at radius 1 is 1.33 bits per heavy atom. The summed E-state index contributed by atoms with van der Waals surface area (Å²) in [4.78, 5) is 0. The van der Waals surface area contributed by atoms with Gasteiger partial charge in [-0.2, -0.15) is 11.8 Å². The van der Waals surface area contributed by atoms with Crippen molar-refractivity contribution < 1.29 is 0 Å². The largest absolute Gasteiger partial charge is 0.317 e. The molecule has 0 radical (unpaired) electrons. The van der Waals surface area contributed by atoms with Gasteiger partial charge >= 0.3 is 0 Å². The summed E-state index contributed by atoms with van der Waals surface area (Å²) in [5.74, 6) is 2.12. The van der Waals surface area contributed by atoms with Crippen molar-refractivity contribution in [2.75, 3.05) is 19.1 Å². The molecule has 0 aliphatic rings. The highest BCUT2D eigenvalue weighted by Crippen LogP contribution is 2.10. The van der Waals surface area contributed by atoms with Crippen LogP contribution in [0.15, 0.2) is 0 Å². The van der Waals surface area contributed by atoms with Crippen LogP contribution in [-0.2, 0) is 0 Å². The van der Waals surface area contributed by atoms with E-state index in [0.717, 1.165) is 12.0 Å². The first-order valence-corrected chi connectivity index (χ1v) is 6.26. The van der Waals surface area contributed by atoms with E-state index in [1.165, 1.54) is 25.0 Å². The number of hydrogen-bond donors (Lipinski definition) is 1. The molecule has 0 aliphatic carbocycles. The Bertz CT molecular complexity index is 93.8. The van der Waals surface area contributed by atoms with Crippen molar-refractivity contribution in [3.05, 3.63) is 0 Å². The normalized spacial score (nSPS) is 13.8. The van der Waals surface area contributed by atoms with E-state index in [-0.39, 0.29) is 0 Å². The fourth-order valence-corrected chi connectivity index (χ4v) is 1.88. The second kappa shape index (κ2) is 7.93. The molecule has 0 saturated heterocycles. The van der Waals surface area contributed by atoms with E-state index in [1.807, 2.05) is 11.8 Å². The summed E-state index contributed by atoms with van der Waals surface area (Å²) in [5.41, 5.74) is 0. The second-order valence-electron chi connectivity index (χ2n) is 3.75. The quantitative estimate of drug-likeness (QED) is 0.618. The number of nitrogens with one attached hydrogen (secondary N) is 1. The van der Waals surface area contributed by atoms with Gasteiger partial charge in [0.15, 0.2) is 0 Å². The minimum atomic E-state index is 0.733. The molecular formula is C10H23NS. The molecule has 1 N–H and O–H groups in total. The predicted octanol–water partition coefficient (Wildman–Crippen LogP) is 2.76. The van der Waals surface area contributed by atoms with Crippen molar-refractivity contribution in [2.24, 2.45) is 5.92 Å². The molecule has 0 bridgehead atoms. The molecule has 1 unspecified atom stereocenters.